The molecule has 0 saturated heterocycles. The zero-order valence-electron chi connectivity index (χ0n) is 10.4. The van der Waals surface area contributed by atoms with Gasteiger partial charge in [0, 0.05) is 18.7 Å². The molecule has 7 heteroatoms. The van der Waals surface area contributed by atoms with E-state index in [2.05, 4.69) is 10.3 Å². The maximum Gasteiger partial charge on any atom is 0.270 e. The number of amides is 1. The minimum atomic E-state index is -0.473. The van der Waals surface area contributed by atoms with Gasteiger partial charge in [-0.2, -0.15) is 0 Å². The quantitative estimate of drug-likeness (QED) is 0.647. The van der Waals surface area contributed by atoms with Crippen molar-refractivity contribution in [2.45, 2.75) is 6.54 Å². The van der Waals surface area contributed by atoms with E-state index in [1.165, 1.54) is 12.1 Å². The van der Waals surface area contributed by atoms with Gasteiger partial charge in [0.25, 0.3) is 11.6 Å². The fourth-order valence-corrected chi connectivity index (χ4v) is 1.59. The topological polar surface area (TPSA) is 111 Å². The summed E-state index contributed by atoms with van der Waals surface area (Å²) in [6.45, 7) is 0.257. The number of anilines is 1. The van der Waals surface area contributed by atoms with E-state index in [4.69, 9.17) is 5.73 Å². The number of nitro benzene ring substituents is 1. The Morgan fingerprint density at radius 3 is 2.55 bits per heavy atom. The summed E-state index contributed by atoms with van der Waals surface area (Å²) >= 11 is 0. The molecule has 0 saturated carbocycles. The molecule has 0 aliphatic rings. The lowest BCUT2D eigenvalue weighted by Gasteiger charge is -2.05. The molecule has 2 aromatic rings. The Labute approximate surface area is 114 Å². The summed E-state index contributed by atoms with van der Waals surface area (Å²) < 4.78 is 0. The zero-order chi connectivity index (χ0) is 14.5. The molecule has 0 bridgehead atoms. The van der Waals surface area contributed by atoms with Crippen LogP contribution in [0.5, 0.6) is 0 Å². The largest absolute Gasteiger partial charge is 0.384 e. The minimum absolute atomic E-state index is 0.0116. The summed E-state index contributed by atoms with van der Waals surface area (Å²) in [4.78, 5) is 25.7. The first-order valence-corrected chi connectivity index (χ1v) is 5.80. The van der Waals surface area contributed by atoms with Crippen molar-refractivity contribution in [1.29, 1.82) is 0 Å². The van der Waals surface area contributed by atoms with Crippen molar-refractivity contribution in [2.75, 3.05) is 5.73 Å². The number of nitrogens with zero attached hydrogens (tertiary/aromatic N) is 2. The predicted molar refractivity (Wildman–Crippen MR) is 72.9 cm³/mol. The van der Waals surface area contributed by atoms with Gasteiger partial charge in [-0.25, -0.2) is 4.98 Å². The van der Waals surface area contributed by atoms with Gasteiger partial charge in [0.2, 0.25) is 0 Å². The van der Waals surface area contributed by atoms with Gasteiger partial charge >= 0.3 is 0 Å². The van der Waals surface area contributed by atoms with Crippen molar-refractivity contribution in [3.8, 4) is 0 Å². The molecule has 0 spiro atoms. The van der Waals surface area contributed by atoms with Crippen LogP contribution in [-0.2, 0) is 6.54 Å². The Hall–Kier alpha value is -2.96. The number of hydrogen-bond acceptors (Lipinski definition) is 5. The molecule has 102 valence electrons. The van der Waals surface area contributed by atoms with Gasteiger partial charge < -0.3 is 11.1 Å². The number of carbonyl (C=O) groups excluding carboxylic acids is 1. The van der Waals surface area contributed by atoms with Crippen LogP contribution in [0, 0.1) is 10.1 Å². The Morgan fingerprint density at radius 2 is 1.95 bits per heavy atom. The van der Waals surface area contributed by atoms with Gasteiger partial charge in [-0.3, -0.25) is 14.9 Å². The van der Waals surface area contributed by atoms with E-state index in [0.717, 1.165) is 5.56 Å². The van der Waals surface area contributed by atoms with Gasteiger partial charge in [0.1, 0.15) is 11.5 Å². The van der Waals surface area contributed by atoms with Gasteiger partial charge in [-0.05, 0) is 17.7 Å². The van der Waals surface area contributed by atoms with Gasteiger partial charge in [-0.15, -0.1) is 0 Å². The fourth-order valence-electron chi connectivity index (χ4n) is 1.59. The Kier molecular flexibility index (Phi) is 3.90. The lowest BCUT2D eigenvalue weighted by atomic mass is 10.2. The third-order valence-corrected chi connectivity index (χ3v) is 2.60. The van der Waals surface area contributed by atoms with E-state index in [9.17, 15) is 14.9 Å². The Morgan fingerprint density at radius 1 is 1.25 bits per heavy atom. The van der Waals surface area contributed by atoms with E-state index < -0.39 is 4.92 Å². The van der Waals surface area contributed by atoms with E-state index in [1.807, 2.05) is 0 Å². The molecule has 0 aliphatic carbocycles. The van der Waals surface area contributed by atoms with Crippen LogP contribution in [0.25, 0.3) is 0 Å². The molecule has 0 radical (unpaired) electrons. The van der Waals surface area contributed by atoms with Gasteiger partial charge in [-0.1, -0.05) is 18.2 Å². The number of non-ortho nitro benzene ring substituents is 1. The molecule has 1 amide bonds. The minimum Gasteiger partial charge on any atom is -0.384 e. The van der Waals surface area contributed by atoms with Crippen LogP contribution in [0.3, 0.4) is 0 Å². The smallest absolute Gasteiger partial charge is 0.270 e. The molecule has 0 fully saturated rings. The van der Waals surface area contributed by atoms with Crippen LogP contribution < -0.4 is 11.1 Å². The van der Waals surface area contributed by atoms with E-state index >= 15 is 0 Å². The zero-order valence-corrected chi connectivity index (χ0v) is 10.4. The van der Waals surface area contributed by atoms with Crippen molar-refractivity contribution in [3.63, 3.8) is 0 Å². The monoisotopic (exact) mass is 272 g/mol. The molecule has 7 nitrogen and oxygen atoms in total. The highest BCUT2D eigenvalue weighted by molar-refractivity contribution is 5.92. The normalized spacial score (nSPS) is 10.0. The van der Waals surface area contributed by atoms with Crippen molar-refractivity contribution in [1.82, 2.24) is 10.3 Å². The number of aromatic nitrogens is 1. The van der Waals surface area contributed by atoms with E-state index in [1.54, 1.807) is 30.3 Å². The maximum atomic E-state index is 11.8. The lowest BCUT2D eigenvalue weighted by molar-refractivity contribution is -0.384. The number of nitrogens with one attached hydrogen (secondary N) is 1. The molecule has 3 N–H and O–H groups in total. The van der Waals surface area contributed by atoms with Crippen LogP contribution >= 0.6 is 0 Å². The Balaban J connectivity index is 1.98. The second-order valence-electron chi connectivity index (χ2n) is 4.05. The first-order chi connectivity index (χ1) is 9.56. The standard InChI is InChI=1S/C13H12N4O3/c14-12-3-1-2-11(16-12)13(18)15-8-9-4-6-10(7-5-9)17(19)20/h1-7H,8H2,(H2,14,16)(H,15,18). The molecule has 20 heavy (non-hydrogen) atoms. The highest BCUT2D eigenvalue weighted by Crippen LogP contribution is 2.11. The van der Waals surface area contributed by atoms with Crippen LogP contribution in [0.4, 0.5) is 11.5 Å². The molecule has 0 atom stereocenters. The number of benzene rings is 1. The summed E-state index contributed by atoms with van der Waals surface area (Å²) in [6.07, 6.45) is 0. The highest BCUT2D eigenvalue weighted by atomic mass is 16.6. The summed E-state index contributed by atoms with van der Waals surface area (Å²) in [6, 6.07) is 10.7. The van der Waals surface area contributed by atoms with E-state index in [-0.39, 0.29) is 29.7 Å². The maximum absolute atomic E-state index is 11.8. The molecule has 1 aromatic heterocycles. The number of carbonyl (C=O) groups is 1. The number of rotatable bonds is 4. The molecular weight excluding hydrogens is 260 g/mol. The van der Waals surface area contributed by atoms with Crippen molar-refractivity contribution < 1.29 is 9.72 Å². The van der Waals surface area contributed by atoms with Gasteiger partial charge in [0.05, 0.1) is 4.92 Å². The third kappa shape index (κ3) is 3.29. The van der Waals surface area contributed by atoms with E-state index in [0.29, 0.717) is 0 Å². The number of hydrogen-bond donors (Lipinski definition) is 2. The van der Waals surface area contributed by atoms with Gasteiger partial charge in [0.15, 0.2) is 0 Å². The number of nitro groups is 1. The average Bonchev–Trinajstić information content (AvgIpc) is 2.45. The lowest BCUT2D eigenvalue weighted by Crippen LogP contribution is -2.24. The molecule has 1 aromatic carbocycles. The number of nitrogens with two attached hydrogens (primary N) is 1. The molecular formula is C13H12N4O3. The fraction of sp³-hybridized carbons (Fsp3) is 0.0769. The molecule has 0 aliphatic heterocycles. The first-order valence-electron chi connectivity index (χ1n) is 5.80. The summed E-state index contributed by atoms with van der Waals surface area (Å²) in [5.74, 6) is -0.0800. The van der Waals surface area contributed by atoms with Crippen LogP contribution in [0.2, 0.25) is 0 Å². The third-order valence-electron chi connectivity index (χ3n) is 2.60. The summed E-state index contributed by atoms with van der Waals surface area (Å²) in [5.41, 5.74) is 6.49. The van der Waals surface area contributed by atoms with Crippen LogP contribution in [0.15, 0.2) is 42.5 Å². The Bertz CT molecular complexity index is 640. The molecule has 1 heterocycles. The van der Waals surface area contributed by atoms with Crippen LogP contribution in [-0.4, -0.2) is 15.8 Å². The number of pyridine rings is 1. The average molecular weight is 272 g/mol. The predicted octanol–water partition coefficient (Wildman–Crippen LogP) is 1.50. The second kappa shape index (κ2) is 5.79. The molecule has 2 rings (SSSR count). The second-order valence-corrected chi connectivity index (χ2v) is 4.05. The van der Waals surface area contributed by atoms with Crippen LogP contribution in [0.1, 0.15) is 16.1 Å². The summed E-state index contributed by atoms with van der Waals surface area (Å²) in [5, 5.41) is 13.2. The first kappa shape index (κ1) is 13.5. The number of nitrogen functional groups attached to an aromatic ring is 1. The van der Waals surface area contributed by atoms with Crippen molar-refractivity contribution in [2.24, 2.45) is 0 Å². The van der Waals surface area contributed by atoms with Crippen molar-refractivity contribution >= 4 is 17.4 Å². The van der Waals surface area contributed by atoms with Crippen molar-refractivity contribution in [3.05, 3.63) is 63.8 Å². The molecule has 0 unspecified atom stereocenters. The highest BCUT2D eigenvalue weighted by Gasteiger charge is 2.08. The summed E-state index contributed by atoms with van der Waals surface area (Å²) in [7, 11) is 0. The SMILES string of the molecule is Nc1cccc(C(=O)NCc2ccc([N+](=O)[O-])cc2)n1.